The first-order chi connectivity index (χ1) is 9.66. The van der Waals surface area contributed by atoms with Crippen molar-refractivity contribution in [1.29, 1.82) is 0 Å². The first-order valence-electron chi connectivity index (χ1n) is 5.62. The highest BCUT2D eigenvalue weighted by Gasteiger charge is 2.43. The highest BCUT2D eigenvalue weighted by molar-refractivity contribution is 6.36. The molecule has 0 radical (unpaired) electrons. The Morgan fingerprint density at radius 2 is 1.90 bits per heavy atom. The third-order valence-electron chi connectivity index (χ3n) is 2.26. The molecule has 1 rings (SSSR count). The minimum atomic E-state index is -5.20. The summed E-state index contributed by atoms with van der Waals surface area (Å²) in [6.07, 6.45) is -4.47. The fourth-order valence-corrected chi connectivity index (χ4v) is 1.82. The number of rotatable bonds is 4. The van der Waals surface area contributed by atoms with Crippen LogP contribution in [0.5, 0.6) is 0 Å². The van der Waals surface area contributed by atoms with Gasteiger partial charge in [-0.15, -0.1) is 0 Å². The Morgan fingerprint density at radius 1 is 1.29 bits per heavy atom. The largest absolute Gasteiger partial charge is 0.462 e. The molecule has 0 aliphatic heterocycles. The van der Waals surface area contributed by atoms with Crippen LogP contribution in [0.25, 0.3) is 6.08 Å². The van der Waals surface area contributed by atoms with E-state index < -0.39 is 23.5 Å². The predicted molar refractivity (Wildman–Crippen MR) is 72.1 cm³/mol. The van der Waals surface area contributed by atoms with Crippen molar-refractivity contribution < 1.29 is 27.5 Å². The molecule has 0 aliphatic rings. The molecule has 0 amide bonds. The maximum Gasteiger partial charge on any atom is 0.455 e. The van der Waals surface area contributed by atoms with Gasteiger partial charge in [-0.3, -0.25) is 4.79 Å². The van der Waals surface area contributed by atoms with Gasteiger partial charge in [0.25, 0.3) is 5.78 Å². The molecule has 8 heteroatoms. The van der Waals surface area contributed by atoms with Gasteiger partial charge in [0.05, 0.1) is 6.61 Å². The molecule has 0 spiro atoms. The third-order valence-corrected chi connectivity index (χ3v) is 2.82. The average Bonchev–Trinajstić information content (AvgIpc) is 2.36. The molecule has 1 aromatic rings. The Hall–Kier alpha value is -1.53. The van der Waals surface area contributed by atoms with Gasteiger partial charge in [-0.2, -0.15) is 13.2 Å². The van der Waals surface area contributed by atoms with Gasteiger partial charge in [0.2, 0.25) is 0 Å². The zero-order valence-electron chi connectivity index (χ0n) is 10.6. The summed E-state index contributed by atoms with van der Waals surface area (Å²) in [7, 11) is 0. The second-order valence-electron chi connectivity index (χ2n) is 3.77. The van der Waals surface area contributed by atoms with Crippen LogP contribution in [-0.2, 0) is 14.3 Å². The van der Waals surface area contributed by atoms with Gasteiger partial charge in [-0.05, 0) is 30.7 Å². The van der Waals surface area contributed by atoms with Crippen molar-refractivity contribution in [1.82, 2.24) is 0 Å². The predicted octanol–water partition coefficient (Wildman–Crippen LogP) is 4.07. The molecule has 0 unspecified atom stereocenters. The van der Waals surface area contributed by atoms with Crippen molar-refractivity contribution in [2.75, 3.05) is 6.61 Å². The number of benzene rings is 1. The second kappa shape index (κ2) is 6.95. The molecule has 21 heavy (non-hydrogen) atoms. The summed E-state index contributed by atoms with van der Waals surface area (Å²) < 4.78 is 42.0. The maximum atomic E-state index is 12.5. The minimum Gasteiger partial charge on any atom is -0.462 e. The summed E-state index contributed by atoms with van der Waals surface area (Å²) in [5.41, 5.74) is -1.10. The number of alkyl halides is 3. The number of carbonyl (C=O) groups is 2. The lowest BCUT2D eigenvalue weighted by Crippen LogP contribution is -2.29. The smallest absolute Gasteiger partial charge is 0.455 e. The van der Waals surface area contributed by atoms with E-state index in [2.05, 4.69) is 4.74 Å². The lowest BCUT2D eigenvalue weighted by Gasteiger charge is -2.09. The van der Waals surface area contributed by atoms with Crippen molar-refractivity contribution in [3.8, 4) is 0 Å². The molecule has 0 saturated heterocycles. The zero-order chi connectivity index (χ0) is 16.2. The molecule has 0 bridgehead atoms. The van der Waals surface area contributed by atoms with Gasteiger partial charge in [0, 0.05) is 10.0 Å². The van der Waals surface area contributed by atoms with Gasteiger partial charge >= 0.3 is 12.1 Å². The minimum absolute atomic E-state index is 0.000673. The second-order valence-corrected chi connectivity index (χ2v) is 4.61. The van der Waals surface area contributed by atoms with Crippen molar-refractivity contribution in [2.24, 2.45) is 0 Å². The van der Waals surface area contributed by atoms with Crippen LogP contribution in [-0.4, -0.2) is 24.5 Å². The standard InChI is InChI=1S/C13H9Cl2F3O3/c1-2-21-12(20)9(11(19)13(16,17)18)5-7-3-4-8(14)6-10(7)15/h3-6H,2H2,1H3/b9-5-. The monoisotopic (exact) mass is 340 g/mol. The molecule has 1 aromatic carbocycles. The fraction of sp³-hybridized carbons (Fsp3) is 0.231. The topological polar surface area (TPSA) is 43.4 Å². The number of carbonyl (C=O) groups excluding carboxylic acids is 2. The number of hydrogen-bond donors (Lipinski definition) is 0. The lowest BCUT2D eigenvalue weighted by molar-refractivity contribution is -0.168. The third kappa shape index (κ3) is 4.75. The summed E-state index contributed by atoms with van der Waals surface area (Å²) in [6.45, 7) is 1.23. The van der Waals surface area contributed by atoms with Crippen LogP contribution in [0.15, 0.2) is 23.8 Å². The van der Waals surface area contributed by atoms with Crippen LogP contribution in [0.2, 0.25) is 10.0 Å². The van der Waals surface area contributed by atoms with Crippen molar-refractivity contribution >= 4 is 41.0 Å². The summed E-state index contributed by atoms with van der Waals surface area (Å²) >= 11 is 11.5. The number of ketones is 1. The Morgan fingerprint density at radius 3 is 2.38 bits per heavy atom. The number of hydrogen-bond acceptors (Lipinski definition) is 3. The Labute approximate surface area is 128 Å². The Kier molecular flexibility index (Phi) is 5.80. The molecule has 0 aromatic heterocycles. The van der Waals surface area contributed by atoms with Gasteiger partial charge in [-0.1, -0.05) is 29.3 Å². The van der Waals surface area contributed by atoms with Crippen LogP contribution in [0.4, 0.5) is 13.2 Å². The van der Waals surface area contributed by atoms with E-state index in [0.717, 1.165) is 6.08 Å². The Balaban J connectivity index is 3.32. The maximum absolute atomic E-state index is 12.5. The lowest BCUT2D eigenvalue weighted by atomic mass is 10.1. The molecule has 0 saturated carbocycles. The van der Waals surface area contributed by atoms with E-state index in [1.165, 1.54) is 25.1 Å². The quantitative estimate of drug-likeness (QED) is 0.359. The van der Waals surface area contributed by atoms with Gasteiger partial charge in [-0.25, -0.2) is 4.79 Å². The SMILES string of the molecule is CCOC(=O)/C(=C\c1ccc(Cl)cc1Cl)C(=O)C(F)(F)F. The van der Waals surface area contributed by atoms with Crippen LogP contribution in [0.1, 0.15) is 12.5 Å². The molecule has 3 nitrogen and oxygen atoms in total. The van der Waals surface area contributed by atoms with Crippen LogP contribution >= 0.6 is 23.2 Å². The molecule has 0 fully saturated rings. The van der Waals surface area contributed by atoms with E-state index in [4.69, 9.17) is 23.2 Å². The normalized spacial score (nSPS) is 12.2. The molecule has 0 heterocycles. The first kappa shape index (κ1) is 17.5. The number of esters is 1. The average molecular weight is 341 g/mol. The molecule has 0 aliphatic carbocycles. The van der Waals surface area contributed by atoms with E-state index in [1.54, 1.807) is 0 Å². The zero-order valence-corrected chi connectivity index (χ0v) is 12.1. The molecular formula is C13H9Cl2F3O3. The summed E-state index contributed by atoms with van der Waals surface area (Å²) in [4.78, 5) is 22.8. The van der Waals surface area contributed by atoms with Gasteiger partial charge in [0.1, 0.15) is 5.57 Å². The Bertz CT molecular complexity index is 595. The number of halogens is 5. The summed E-state index contributed by atoms with van der Waals surface area (Å²) in [5.74, 6) is -3.67. The highest BCUT2D eigenvalue weighted by Crippen LogP contribution is 2.27. The van der Waals surface area contributed by atoms with Gasteiger partial charge in [0.15, 0.2) is 0 Å². The van der Waals surface area contributed by atoms with E-state index in [0.29, 0.717) is 0 Å². The van der Waals surface area contributed by atoms with E-state index in [1.807, 2.05) is 0 Å². The summed E-state index contributed by atoms with van der Waals surface area (Å²) in [5, 5.41) is 0.260. The molecule has 0 atom stereocenters. The van der Waals surface area contributed by atoms with Crippen molar-refractivity contribution in [3.63, 3.8) is 0 Å². The summed E-state index contributed by atoms with van der Waals surface area (Å²) in [6, 6.07) is 3.92. The molecular weight excluding hydrogens is 332 g/mol. The van der Waals surface area contributed by atoms with E-state index in [-0.39, 0.29) is 22.2 Å². The van der Waals surface area contributed by atoms with Gasteiger partial charge < -0.3 is 4.74 Å². The number of Topliss-reactive ketones (excluding diaryl/α,β-unsaturated/α-hetero) is 1. The fourth-order valence-electron chi connectivity index (χ4n) is 1.35. The van der Waals surface area contributed by atoms with Crippen LogP contribution in [0, 0.1) is 0 Å². The van der Waals surface area contributed by atoms with Crippen molar-refractivity contribution in [3.05, 3.63) is 39.4 Å². The van der Waals surface area contributed by atoms with Crippen LogP contribution < -0.4 is 0 Å². The van der Waals surface area contributed by atoms with Crippen LogP contribution in [0.3, 0.4) is 0 Å². The highest BCUT2D eigenvalue weighted by atomic mass is 35.5. The molecule has 0 N–H and O–H groups in total. The molecule has 114 valence electrons. The number of ether oxygens (including phenoxy) is 1. The van der Waals surface area contributed by atoms with E-state index in [9.17, 15) is 22.8 Å². The first-order valence-corrected chi connectivity index (χ1v) is 6.37. The van der Waals surface area contributed by atoms with E-state index >= 15 is 0 Å². The van der Waals surface area contributed by atoms with Crippen molar-refractivity contribution in [2.45, 2.75) is 13.1 Å².